The molecule has 62 heavy (non-hydrogen) atoms. The Morgan fingerprint density at radius 1 is 0.677 bits per heavy atom. The van der Waals surface area contributed by atoms with Gasteiger partial charge < -0.3 is 45.7 Å². The summed E-state index contributed by atoms with van der Waals surface area (Å²) in [5.74, 6) is -1.17. The predicted octanol–water partition coefficient (Wildman–Crippen LogP) is 5.37. The van der Waals surface area contributed by atoms with Crippen molar-refractivity contribution in [3.05, 3.63) is 124 Å². The first-order valence-electron chi connectivity index (χ1n) is 20.7. The van der Waals surface area contributed by atoms with Crippen molar-refractivity contribution in [1.82, 2.24) is 26.6 Å². The van der Waals surface area contributed by atoms with Crippen LogP contribution in [0.3, 0.4) is 0 Å². The highest BCUT2D eigenvalue weighted by molar-refractivity contribution is 5.91. The molecule has 14 heteroatoms. The van der Waals surface area contributed by atoms with E-state index < -0.39 is 65.4 Å². The molecule has 0 saturated heterocycles. The van der Waals surface area contributed by atoms with Crippen molar-refractivity contribution in [2.75, 3.05) is 14.2 Å². The fourth-order valence-electron chi connectivity index (χ4n) is 6.99. The number of aliphatic hydroxyl groups excluding tert-OH is 1. The van der Waals surface area contributed by atoms with Gasteiger partial charge in [-0.05, 0) is 72.6 Å². The van der Waals surface area contributed by atoms with Gasteiger partial charge in [-0.3, -0.25) is 19.7 Å². The van der Waals surface area contributed by atoms with Crippen LogP contribution in [0.4, 0.5) is 4.79 Å². The average Bonchev–Trinajstić information content (AvgIpc) is 3.22. The molecule has 0 aliphatic heterocycles. The molecule has 334 valence electrons. The zero-order valence-corrected chi connectivity index (χ0v) is 37.2. The van der Waals surface area contributed by atoms with Crippen LogP contribution < -0.4 is 36.1 Å². The minimum atomic E-state index is -1.57. The van der Waals surface area contributed by atoms with Crippen molar-refractivity contribution in [2.45, 2.75) is 105 Å². The number of nitrogens with one attached hydrogen (secondary N) is 5. The van der Waals surface area contributed by atoms with E-state index in [1.807, 2.05) is 74.5 Å². The molecule has 4 amide bonds. The molecule has 0 aliphatic carbocycles. The van der Waals surface area contributed by atoms with Gasteiger partial charge in [-0.1, -0.05) is 106 Å². The van der Waals surface area contributed by atoms with Gasteiger partial charge in [0.05, 0.1) is 26.4 Å². The Labute approximate surface area is 365 Å². The maximum absolute atomic E-state index is 14.5. The van der Waals surface area contributed by atoms with Crippen LogP contribution in [0.25, 0.3) is 0 Å². The summed E-state index contributed by atoms with van der Waals surface area (Å²) in [6.45, 7) is 12.9. The summed E-state index contributed by atoms with van der Waals surface area (Å²) in [4.78, 5) is 55.7. The first-order valence-corrected chi connectivity index (χ1v) is 20.7. The molecule has 7 N–H and O–H groups in total. The van der Waals surface area contributed by atoms with Crippen LogP contribution in [0.15, 0.2) is 91.0 Å². The largest absolute Gasteiger partial charge is 0.507 e. The molecule has 0 aliphatic rings. The second kappa shape index (κ2) is 22.6. The lowest BCUT2D eigenvalue weighted by Crippen LogP contribution is -2.63. The number of methoxy groups -OCH3 is 2. The molecular formula is C48H63N5O9. The normalized spacial score (nSPS) is 13.8. The topological polar surface area (TPSA) is 197 Å². The number of amides is 4. The molecule has 14 nitrogen and oxygen atoms in total. The molecule has 0 bridgehead atoms. The molecule has 5 atom stereocenters. The Kier molecular flexibility index (Phi) is 17.7. The quantitative estimate of drug-likeness (QED) is 0.0608. The van der Waals surface area contributed by atoms with Gasteiger partial charge in [-0.15, -0.1) is 0 Å². The zero-order valence-electron chi connectivity index (χ0n) is 37.2. The number of benzene rings is 4. The molecule has 5 unspecified atom stereocenters. The molecule has 0 aromatic heterocycles. The SMILES string of the molecule is COc1ccc(CNC(C(=O)NC(C(=O)NCc2ccc(OC)cc2O)C(C)C)C(O)C(Cc2ccccc2)NC(=O)C(NC(=O)OCc2cc(C)cc(C)c2)C(C)(C)C)cc1. The van der Waals surface area contributed by atoms with E-state index in [1.54, 1.807) is 66.0 Å². The second-order valence-electron chi connectivity index (χ2n) is 17.0. The van der Waals surface area contributed by atoms with Crippen LogP contribution in [0, 0.1) is 25.2 Å². The molecule has 0 fully saturated rings. The van der Waals surface area contributed by atoms with Crippen LogP contribution >= 0.6 is 0 Å². The van der Waals surface area contributed by atoms with Gasteiger partial charge in [0.2, 0.25) is 17.7 Å². The van der Waals surface area contributed by atoms with Crippen LogP contribution in [0.2, 0.25) is 0 Å². The summed E-state index contributed by atoms with van der Waals surface area (Å²) >= 11 is 0. The number of phenolic OH excluding ortho intramolecular Hbond substituents is 1. The summed E-state index contributed by atoms with van der Waals surface area (Å²) < 4.78 is 16.0. The van der Waals surface area contributed by atoms with E-state index in [1.165, 1.54) is 13.2 Å². The summed E-state index contributed by atoms with van der Waals surface area (Å²) in [6.07, 6.45) is -2.26. The number of aryl methyl sites for hydroxylation is 2. The number of ether oxygens (including phenoxy) is 3. The lowest BCUT2D eigenvalue weighted by Gasteiger charge is -2.35. The number of aliphatic hydroxyl groups is 1. The number of rotatable bonds is 20. The van der Waals surface area contributed by atoms with Gasteiger partial charge >= 0.3 is 6.09 Å². The Morgan fingerprint density at radius 2 is 1.31 bits per heavy atom. The van der Waals surface area contributed by atoms with E-state index in [-0.39, 0.29) is 31.9 Å². The highest BCUT2D eigenvalue weighted by atomic mass is 16.5. The molecule has 4 aromatic carbocycles. The van der Waals surface area contributed by atoms with E-state index in [0.29, 0.717) is 17.1 Å². The highest BCUT2D eigenvalue weighted by Gasteiger charge is 2.39. The number of carbonyl (C=O) groups excluding carboxylic acids is 4. The fraction of sp³-hybridized carbons (Fsp3) is 0.417. The lowest BCUT2D eigenvalue weighted by molar-refractivity contribution is -0.134. The number of hydrogen-bond acceptors (Lipinski definition) is 10. The monoisotopic (exact) mass is 853 g/mol. The Morgan fingerprint density at radius 3 is 1.89 bits per heavy atom. The minimum Gasteiger partial charge on any atom is -0.507 e. The van der Waals surface area contributed by atoms with Crippen molar-refractivity contribution in [1.29, 1.82) is 0 Å². The molecule has 0 spiro atoms. The van der Waals surface area contributed by atoms with E-state index in [9.17, 15) is 29.4 Å². The fourth-order valence-corrected chi connectivity index (χ4v) is 6.99. The summed E-state index contributed by atoms with van der Waals surface area (Å²) in [7, 11) is 3.04. The van der Waals surface area contributed by atoms with Gasteiger partial charge in [0.15, 0.2) is 0 Å². The van der Waals surface area contributed by atoms with Crippen molar-refractivity contribution >= 4 is 23.8 Å². The molecule has 0 saturated carbocycles. The summed E-state index contributed by atoms with van der Waals surface area (Å²) in [6, 6.07) is 22.3. The third-order valence-corrected chi connectivity index (χ3v) is 10.4. The van der Waals surface area contributed by atoms with Crippen LogP contribution in [0.1, 0.15) is 68.0 Å². The van der Waals surface area contributed by atoms with Crippen molar-refractivity contribution < 1.29 is 43.6 Å². The van der Waals surface area contributed by atoms with Gasteiger partial charge in [0.1, 0.15) is 42.0 Å². The predicted molar refractivity (Wildman–Crippen MR) is 237 cm³/mol. The number of aromatic hydroxyl groups is 1. The standard InChI is InChI=1S/C48H63N5O9/c1-29(2)40(44(56)50-27-35-17-20-37(61-9)25-39(35)54)52-45(57)41(49-26-33-15-18-36(60-8)19-16-33)42(55)38(24-32-13-11-10-12-14-32)51-46(58)43(48(5,6)7)53-47(59)62-28-34-22-30(3)21-31(4)23-34/h10-23,25,29,38,40-43,49,54-55H,24,26-28H2,1-9H3,(H,50,56)(H,51,58)(H,52,57)(H,53,59). The summed E-state index contributed by atoms with van der Waals surface area (Å²) in [5.41, 5.74) is 4.03. The zero-order chi connectivity index (χ0) is 45.6. The van der Waals surface area contributed by atoms with Crippen LogP contribution in [-0.4, -0.2) is 78.5 Å². The smallest absolute Gasteiger partial charge is 0.408 e. The number of alkyl carbamates (subject to hydrolysis) is 1. The second-order valence-corrected chi connectivity index (χ2v) is 17.0. The Balaban J connectivity index is 1.61. The van der Waals surface area contributed by atoms with Crippen LogP contribution in [0.5, 0.6) is 17.2 Å². The summed E-state index contributed by atoms with van der Waals surface area (Å²) in [5, 5.41) is 37.3. The van der Waals surface area contributed by atoms with E-state index >= 15 is 0 Å². The molecule has 0 heterocycles. The van der Waals surface area contributed by atoms with Gasteiger partial charge in [0.25, 0.3) is 0 Å². The maximum Gasteiger partial charge on any atom is 0.408 e. The third-order valence-electron chi connectivity index (χ3n) is 10.4. The van der Waals surface area contributed by atoms with E-state index in [2.05, 4.69) is 26.6 Å². The van der Waals surface area contributed by atoms with Gasteiger partial charge in [-0.25, -0.2) is 4.79 Å². The third kappa shape index (κ3) is 14.5. The van der Waals surface area contributed by atoms with E-state index in [0.717, 1.165) is 27.8 Å². The molecule has 4 rings (SSSR count). The van der Waals surface area contributed by atoms with Crippen molar-refractivity contribution in [2.24, 2.45) is 11.3 Å². The lowest BCUT2D eigenvalue weighted by atomic mass is 9.85. The Hall–Kier alpha value is -6.12. The van der Waals surface area contributed by atoms with Crippen LogP contribution in [-0.2, 0) is 45.2 Å². The molecule has 4 aromatic rings. The van der Waals surface area contributed by atoms with Gasteiger partial charge in [-0.2, -0.15) is 0 Å². The molecular weight excluding hydrogens is 791 g/mol. The highest BCUT2D eigenvalue weighted by Crippen LogP contribution is 2.24. The maximum atomic E-state index is 14.5. The average molecular weight is 854 g/mol. The first kappa shape index (κ1) is 48.5. The number of hydrogen-bond donors (Lipinski definition) is 7. The van der Waals surface area contributed by atoms with Crippen molar-refractivity contribution in [3.8, 4) is 17.2 Å². The number of phenols is 1. The van der Waals surface area contributed by atoms with E-state index in [4.69, 9.17) is 14.2 Å². The Bertz CT molecular complexity index is 2080. The minimum absolute atomic E-state index is 0.00180. The molecule has 0 radical (unpaired) electrons. The van der Waals surface area contributed by atoms with Crippen molar-refractivity contribution in [3.63, 3.8) is 0 Å². The first-order chi connectivity index (χ1) is 29.4. The van der Waals surface area contributed by atoms with Gasteiger partial charge in [0, 0.05) is 24.7 Å². The number of carbonyl (C=O) groups is 4.